The number of nitrogens with zero attached hydrogens (tertiary/aromatic N) is 5. The number of nitrogens with one attached hydrogen (secondary N) is 1. The van der Waals surface area contributed by atoms with Gasteiger partial charge >= 0.3 is 0 Å². The highest BCUT2D eigenvalue weighted by molar-refractivity contribution is 5.75. The molecule has 0 unspecified atom stereocenters. The number of aromatic nitrogens is 5. The van der Waals surface area contributed by atoms with Crippen molar-refractivity contribution >= 4 is 11.9 Å². The van der Waals surface area contributed by atoms with E-state index in [0.29, 0.717) is 6.54 Å². The Hall–Kier alpha value is -2.38. The number of nitrogen functional groups attached to an aromatic ring is 1. The second kappa shape index (κ2) is 5.80. The zero-order valence-electron chi connectivity index (χ0n) is 9.86. The summed E-state index contributed by atoms with van der Waals surface area (Å²) in [5.74, 6) is 0.0573. The van der Waals surface area contributed by atoms with Crippen LogP contribution in [0.4, 0.5) is 5.95 Å². The number of hydrogen-bond donors (Lipinski definition) is 2. The van der Waals surface area contributed by atoms with Crippen LogP contribution in [0.3, 0.4) is 0 Å². The molecule has 0 aromatic carbocycles. The molecule has 8 heteroatoms. The van der Waals surface area contributed by atoms with Crippen molar-refractivity contribution in [3.8, 4) is 0 Å². The van der Waals surface area contributed by atoms with Crippen molar-refractivity contribution in [1.29, 1.82) is 0 Å². The molecule has 3 N–H and O–H groups in total. The SMILES string of the molecule is Nc1ncn(CC(=O)NCCCn2cccn2)n1. The van der Waals surface area contributed by atoms with Crippen LogP contribution < -0.4 is 11.1 Å². The molecular formula is C10H15N7O. The molecule has 0 radical (unpaired) electrons. The number of aryl methyl sites for hydroxylation is 1. The van der Waals surface area contributed by atoms with E-state index in [1.807, 2.05) is 16.9 Å². The lowest BCUT2D eigenvalue weighted by Crippen LogP contribution is -2.29. The minimum Gasteiger partial charge on any atom is -0.367 e. The normalized spacial score (nSPS) is 10.4. The lowest BCUT2D eigenvalue weighted by atomic mass is 10.4. The van der Waals surface area contributed by atoms with E-state index in [-0.39, 0.29) is 18.4 Å². The second-order valence-corrected chi connectivity index (χ2v) is 3.77. The quantitative estimate of drug-likeness (QED) is 0.656. The smallest absolute Gasteiger partial charge is 0.241 e. The van der Waals surface area contributed by atoms with Crippen LogP contribution in [-0.4, -0.2) is 37.0 Å². The van der Waals surface area contributed by atoms with E-state index in [9.17, 15) is 4.79 Å². The Morgan fingerprint density at radius 1 is 1.44 bits per heavy atom. The van der Waals surface area contributed by atoms with Crippen molar-refractivity contribution in [3.05, 3.63) is 24.8 Å². The fraction of sp³-hybridized carbons (Fsp3) is 0.400. The highest BCUT2D eigenvalue weighted by atomic mass is 16.2. The maximum atomic E-state index is 11.5. The van der Waals surface area contributed by atoms with Crippen LogP contribution in [0.2, 0.25) is 0 Å². The fourth-order valence-corrected chi connectivity index (χ4v) is 1.49. The Morgan fingerprint density at radius 2 is 2.33 bits per heavy atom. The lowest BCUT2D eigenvalue weighted by Gasteiger charge is -2.05. The van der Waals surface area contributed by atoms with Gasteiger partial charge in [-0.2, -0.15) is 5.10 Å². The molecule has 0 aliphatic heterocycles. The van der Waals surface area contributed by atoms with Crippen LogP contribution >= 0.6 is 0 Å². The molecule has 0 bridgehead atoms. The predicted octanol–water partition coefficient (Wildman–Crippen LogP) is -0.737. The van der Waals surface area contributed by atoms with Gasteiger partial charge in [-0.1, -0.05) is 0 Å². The highest BCUT2D eigenvalue weighted by Crippen LogP contribution is 1.90. The van der Waals surface area contributed by atoms with E-state index in [0.717, 1.165) is 13.0 Å². The molecule has 18 heavy (non-hydrogen) atoms. The fourth-order valence-electron chi connectivity index (χ4n) is 1.49. The summed E-state index contributed by atoms with van der Waals surface area (Å²) >= 11 is 0. The van der Waals surface area contributed by atoms with Gasteiger partial charge in [0.25, 0.3) is 0 Å². The zero-order valence-corrected chi connectivity index (χ0v) is 9.86. The number of amides is 1. The van der Waals surface area contributed by atoms with E-state index < -0.39 is 0 Å². The van der Waals surface area contributed by atoms with E-state index in [1.54, 1.807) is 6.20 Å². The van der Waals surface area contributed by atoms with Gasteiger partial charge in [0.2, 0.25) is 11.9 Å². The third-order valence-corrected chi connectivity index (χ3v) is 2.31. The third-order valence-electron chi connectivity index (χ3n) is 2.31. The molecule has 2 aromatic heterocycles. The number of nitrogens with two attached hydrogens (primary N) is 1. The first-order valence-electron chi connectivity index (χ1n) is 5.63. The van der Waals surface area contributed by atoms with Crippen molar-refractivity contribution in [2.24, 2.45) is 0 Å². The standard InChI is InChI=1S/C10H15N7O/c11-10-13-8-17(15-10)7-9(18)12-3-1-5-16-6-2-4-14-16/h2,4,6,8H,1,3,5,7H2,(H2,11,15)(H,12,18). The molecule has 0 atom stereocenters. The van der Waals surface area contributed by atoms with Crippen LogP contribution in [0.15, 0.2) is 24.8 Å². The molecule has 0 saturated heterocycles. The minimum absolute atomic E-state index is 0.111. The Bertz CT molecular complexity index is 490. The second-order valence-electron chi connectivity index (χ2n) is 3.77. The Labute approximate surface area is 104 Å². The van der Waals surface area contributed by atoms with Gasteiger partial charge in [0.15, 0.2) is 0 Å². The molecule has 0 aliphatic rings. The number of rotatable bonds is 6. The van der Waals surface area contributed by atoms with Crippen molar-refractivity contribution in [1.82, 2.24) is 29.9 Å². The van der Waals surface area contributed by atoms with Gasteiger partial charge in [-0.15, -0.1) is 5.10 Å². The molecule has 2 aromatic rings. The van der Waals surface area contributed by atoms with Gasteiger partial charge in [0, 0.05) is 25.5 Å². The van der Waals surface area contributed by atoms with Crippen LogP contribution in [0, 0.1) is 0 Å². The lowest BCUT2D eigenvalue weighted by molar-refractivity contribution is -0.121. The van der Waals surface area contributed by atoms with E-state index in [1.165, 1.54) is 11.0 Å². The summed E-state index contributed by atoms with van der Waals surface area (Å²) in [7, 11) is 0. The van der Waals surface area contributed by atoms with Crippen LogP contribution in [0.25, 0.3) is 0 Å². The van der Waals surface area contributed by atoms with Gasteiger partial charge in [-0.25, -0.2) is 9.67 Å². The molecule has 1 amide bonds. The zero-order chi connectivity index (χ0) is 12.8. The highest BCUT2D eigenvalue weighted by Gasteiger charge is 2.03. The van der Waals surface area contributed by atoms with Gasteiger partial charge in [0.05, 0.1) is 0 Å². The van der Waals surface area contributed by atoms with Gasteiger partial charge in [-0.05, 0) is 12.5 Å². The summed E-state index contributed by atoms with van der Waals surface area (Å²) in [6.45, 7) is 1.51. The number of carbonyl (C=O) groups is 1. The molecule has 0 saturated carbocycles. The summed E-state index contributed by atoms with van der Waals surface area (Å²) in [4.78, 5) is 15.3. The summed E-state index contributed by atoms with van der Waals surface area (Å²) in [6.07, 6.45) is 5.87. The molecule has 8 nitrogen and oxygen atoms in total. The van der Waals surface area contributed by atoms with Crippen molar-refractivity contribution in [2.75, 3.05) is 12.3 Å². The first-order valence-corrected chi connectivity index (χ1v) is 5.63. The van der Waals surface area contributed by atoms with Crippen LogP contribution in [0.5, 0.6) is 0 Å². The van der Waals surface area contributed by atoms with Crippen molar-refractivity contribution in [2.45, 2.75) is 19.5 Å². The Balaban J connectivity index is 1.63. The van der Waals surface area contributed by atoms with Crippen LogP contribution in [-0.2, 0) is 17.9 Å². The average Bonchev–Trinajstić information content (AvgIpc) is 2.96. The topological polar surface area (TPSA) is 104 Å². The van der Waals surface area contributed by atoms with Crippen molar-refractivity contribution in [3.63, 3.8) is 0 Å². The number of carbonyl (C=O) groups excluding carboxylic acids is 1. The minimum atomic E-state index is -0.111. The monoisotopic (exact) mass is 249 g/mol. The number of anilines is 1. The molecule has 0 aliphatic carbocycles. The summed E-state index contributed by atoms with van der Waals surface area (Å²) in [5.41, 5.74) is 5.35. The van der Waals surface area contributed by atoms with Gasteiger partial charge < -0.3 is 11.1 Å². The number of hydrogen-bond acceptors (Lipinski definition) is 5. The summed E-state index contributed by atoms with van der Waals surface area (Å²) in [5, 5.41) is 10.7. The first-order chi connectivity index (χ1) is 8.74. The Morgan fingerprint density at radius 3 is 3.00 bits per heavy atom. The maximum Gasteiger partial charge on any atom is 0.241 e. The average molecular weight is 249 g/mol. The Kier molecular flexibility index (Phi) is 3.90. The molecule has 2 heterocycles. The van der Waals surface area contributed by atoms with E-state index in [4.69, 9.17) is 5.73 Å². The summed E-state index contributed by atoms with van der Waals surface area (Å²) in [6, 6.07) is 1.87. The summed E-state index contributed by atoms with van der Waals surface area (Å²) < 4.78 is 3.22. The molecule has 96 valence electrons. The van der Waals surface area contributed by atoms with E-state index in [2.05, 4.69) is 20.5 Å². The maximum absolute atomic E-state index is 11.5. The largest absolute Gasteiger partial charge is 0.367 e. The van der Waals surface area contributed by atoms with E-state index >= 15 is 0 Å². The molecule has 0 spiro atoms. The predicted molar refractivity (Wildman–Crippen MR) is 64.3 cm³/mol. The van der Waals surface area contributed by atoms with Gasteiger partial charge in [0.1, 0.15) is 12.9 Å². The molecular weight excluding hydrogens is 234 g/mol. The van der Waals surface area contributed by atoms with Crippen LogP contribution in [0.1, 0.15) is 6.42 Å². The molecule has 2 rings (SSSR count). The van der Waals surface area contributed by atoms with Crippen molar-refractivity contribution < 1.29 is 4.79 Å². The third kappa shape index (κ3) is 3.58. The first kappa shape index (κ1) is 12.1. The molecule has 0 fully saturated rings. The van der Waals surface area contributed by atoms with Gasteiger partial charge in [-0.3, -0.25) is 9.48 Å².